The molecule has 0 bridgehead atoms. The van der Waals surface area contributed by atoms with Gasteiger partial charge in [0.25, 0.3) is 0 Å². The topological polar surface area (TPSA) is 25.4 Å². The van der Waals surface area contributed by atoms with E-state index in [0.717, 1.165) is 45.0 Å². The molecule has 1 atom stereocenters. The van der Waals surface area contributed by atoms with Gasteiger partial charge in [-0.1, -0.05) is 36.4 Å². The molecular formula is C18H22N2O. The van der Waals surface area contributed by atoms with Crippen molar-refractivity contribution in [2.75, 3.05) is 26.3 Å². The summed E-state index contributed by atoms with van der Waals surface area (Å²) in [6.07, 6.45) is 2.86. The smallest absolute Gasteiger partial charge is 0.0593 e. The van der Waals surface area contributed by atoms with E-state index in [9.17, 15) is 0 Å². The Bertz CT molecular complexity index is 480. The summed E-state index contributed by atoms with van der Waals surface area (Å²) in [6, 6.07) is 16.8. The standard InChI is InChI=1S/C18H22N2O/c1-2-6-16(7-3-1)13-20-10-11-21-15-17(14-20)12-18-8-4-5-9-19-18/h1-9,17H,10-15H2. The van der Waals surface area contributed by atoms with Gasteiger partial charge in [-0.05, 0) is 24.1 Å². The van der Waals surface area contributed by atoms with E-state index in [1.807, 2.05) is 12.3 Å². The first-order valence-electron chi connectivity index (χ1n) is 7.64. The molecule has 1 aliphatic rings. The minimum absolute atomic E-state index is 0.520. The molecule has 2 aromatic rings. The molecule has 0 radical (unpaired) electrons. The second-order valence-corrected chi connectivity index (χ2v) is 5.69. The highest BCUT2D eigenvalue weighted by molar-refractivity contribution is 5.14. The van der Waals surface area contributed by atoms with Gasteiger partial charge in [0.1, 0.15) is 0 Å². The summed E-state index contributed by atoms with van der Waals surface area (Å²) in [4.78, 5) is 6.93. The van der Waals surface area contributed by atoms with Gasteiger partial charge in [0.15, 0.2) is 0 Å². The van der Waals surface area contributed by atoms with E-state index in [4.69, 9.17) is 4.74 Å². The highest BCUT2D eigenvalue weighted by atomic mass is 16.5. The molecule has 21 heavy (non-hydrogen) atoms. The van der Waals surface area contributed by atoms with Crippen LogP contribution in [0.3, 0.4) is 0 Å². The Hall–Kier alpha value is -1.71. The number of hydrogen-bond donors (Lipinski definition) is 0. The molecule has 1 unspecified atom stereocenters. The largest absolute Gasteiger partial charge is 0.380 e. The average Bonchev–Trinajstić information content (AvgIpc) is 2.74. The van der Waals surface area contributed by atoms with Crippen LogP contribution in [0, 0.1) is 5.92 Å². The summed E-state index contributed by atoms with van der Waals surface area (Å²) in [5.41, 5.74) is 2.53. The van der Waals surface area contributed by atoms with Crippen LogP contribution >= 0.6 is 0 Å². The van der Waals surface area contributed by atoms with Crippen LogP contribution in [-0.4, -0.2) is 36.2 Å². The lowest BCUT2D eigenvalue weighted by Crippen LogP contribution is -2.30. The van der Waals surface area contributed by atoms with Crippen LogP contribution in [0.15, 0.2) is 54.7 Å². The number of nitrogens with zero attached hydrogens (tertiary/aromatic N) is 2. The van der Waals surface area contributed by atoms with Crippen LogP contribution in [0.25, 0.3) is 0 Å². The minimum atomic E-state index is 0.520. The Morgan fingerprint density at radius 3 is 2.76 bits per heavy atom. The summed E-state index contributed by atoms with van der Waals surface area (Å²) in [6.45, 7) is 4.75. The number of aromatic nitrogens is 1. The van der Waals surface area contributed by atoms with E-state index in [0.29, 0.717) is 5.92 Å². The van der Waals surface area contributed by atoms with Gasteiger partial charge in [-0.3, -0.25) is 9.88 Å². The zero-order valence-corrected chi connectivity index (χ0v) is 12.3. The first kappa shape index (κ1) is 14.2. The Labute approximate surface area is 126 Å². The molecule has 1 fully saturated rings. The fourth-order valence-corrected chi connectivity index (χ4v) is 2.88. The second kappa shape index (κ2) is 7.34. The van der Waals surface area contributed by atoms with Gasteiger partial charge >= 0.3 is 0 Å². The lowest BCUT2D eigenvalue weighted by atomic mass is 10.0. The first-order chi connectivity index (χ1) is 10.4. The van der Waals surface area contributed by atoms with E-state index in [-0.39, 0.29) is 0 Å². The van der Waals surface area contributed by atoms with E-state index in [2.05, 4.69) is 52.3 Å². The minimum Gasteiger partial charge on any atom is -0.380 e. The fraction of sp³-hybridized carbons (Fsp3) is 0.389. The molecule has 1 aromatic heterocycles. The highest BCUT2D eigenvalue weighted by Gasteiger charge is 2.19. The molecule has 3 rings (SSSR count). The van der Waals surface area contributed by atoms with Crippen molar-refractivity contribution >= 4 is 0 Å². The predicted molar refractivity (Wildman–Crippen MR) is 84.0 cm³/mol. The van der Waals surface area contributed by atoms with E-state index in [1.165, 1.54) is 5.56 Å². The van der Waals surface area contributed by atoms with Crippen molar-refractivity contribution in [3.8, 4) is 0 Å². The van der Waals surface area contributed by atoms with E-state index in [1.54, 1.807) is 0 Å². The zero-order valence-electron chi connectivity index (χ0n) is 12.3. The summed E-state index contributed by atoms with van der Waals surface area (Å²) >= 11 is 0. The van der Waals surface area contributed by atoms with Gasteiger partial charge in [-0.25, -0.2) is 0 Å². The summed E-state index contributed by atoms with van der Waals surface area (Å²) < 4.78 is 5.78. The van der Waals surface area contributed by atoms with Crippen LogP contribution in [0.4, 0.5) is 0 Å². The highest BCUT2D eigenvalue weighted by Crippen LogP contribution is 2.14. The molecule has 110 valence electrons. The molecule has 1 aromatic carbocycles. The van der Waals surface area contributed by atoms with Gasteiger partial charge in [0.2, 0.25) is 0 Å². The van der Waals surface area contributed by atoms with Crippen LogP contribution in [0.5, 0.6) is 0 Å². The first-order valence-corrected chi connectivity index (χ1v) is 7.64. The Balaban J connectivity index is 1.61. The summed E-state index contributed by atoms with van der Waals surface area (Å²) in [5, 5.41) is 0. The average molecular weight is 282 g/mol. The van der Waals surface area contributed by atoms with Gasteiger partial charge in [0, 0.05) is 37.4 Å². The lowest BCUT2D eigenvalue weighted by molar-refractivity contribution is 0.121. The van der Waals surface area contributed by atoms with Gasteiger partial charge < -0.3 is 4.74 Å². The maximum Gasteiger partial charge on any atom is 0.0593 e. The summed E-state index contributed by atoms with van der Waals surface area (Å²) in [5.74, 6) is 0.520. The van der Waals surface area contributed by atoms with Crippen molar-refractivity contribution in [1.82, 2.24) is 9.88 Å². The van der Waals surface area contributed by atoms with Crippen LogP contribution < -0.4 is 0 Å². The molecule has 0 saturated carbocycles. The predicted octanol–water partition coefficient (Wildman–Crippen LogP) is 2.77. The fourth-order valence-electron chi connectivity index (χ4n) is 2.88. The zero-order chi connectivity index (χ0) is 14.3. The molecular weight excluding hydrogens is 260 g/mol. The monoisotopic (exact) mass is 282 g/mol. The normalized spacial score (nSPS) is 20.1. The molecule has 3 nitrogen and oxygen atoms in total. The van der Waals surface area contributed by atoms with Crippen molar-refractivity contribution in [1.29, 1.82) is 0 Å². The third kappa shape index (κ3) is 4.38. The molecule has 0 aliphatic carbocycles. The molecule has 2 heterocycles. The number of pyridine rings is 1. The van der Waals surface area contributed by atoms with E-state index >= 15 is 0 Å². The van der Waals surface area contributed by atoms with Crippen molar-refractivity contribution in [3.63, 3.8) is 0 Å². The molecule has 1 saturated heterocycles. The van der Waals surface area contributed by atoms with Crippen LogP contribution in [-0.2, 0) is 17.7 Å². The maximum absolute atomic E-state index is 5.78. The number of ether oxygens (including phenoxy) is 1. The number of rotatable bonds is 4. The summed E-state index contributed by atoms with van der Waals surface area (Å²) in [7, 11) is 0. The molecule has 3 heteroatoms. The molecule has 0 spiro atoms. The maximum atomic E-state index is 5.78. The third-order valence-electron chi connectivity index (χ3n) is 3.89. The molecule has 0 amide bonds. The van der Waals surface area contributed by atoms with Gasteiger partial charge in [0.05, 0.1) is 13.2 Å². The van der Waals surface area contributed by atoms with Crippen LogP contribution in [0.1, 0.15) is 11.3 Å². The third-order valence-corrected chi connectivity index (χ3v) is 3.89. The number of hydrogen-bond acceptors (Lipinski definition) is 3. The van der Waals surface area contributed by atoms with Crippen molar-refractivity contribution in [3.05, 3.63) is 66.0 Å². The Kier molecular flexibility index (Phi) is 4.98. The quantitative estimate of drug-likeness (QED) is 0.862. The Morgan fingerprint density at radius 1 is 1.10 bits per heavy atom. The second-order valence-electron chi connectivity index (χ2n) is 5.69. The van der Waals surface area contributed by atoms with Crippen molar-refractivity contribution in [2.45, 2.75) is 13.0 Å². The van der Waals surface area contributed by atoms with Crippen molar-refractivity contribution < 1.29 is 4.74 Å². The molecule has 0 N–H and O–H groups in total. The SMILES string of the molecule is c1ccc(CN2CCOCC(Cc3ccccn3)C2)cc1. The Morgan fingerprint density at radius 2 is 1.95 bits per heavy atom. The lowest BCUT2D eigenvalue weighted by Gasteiger charge is -2.23. The van der Waals surface area contributed by atoms with Gasteiger partial charge in [-0.15, -0.1) is 0 Å². The molecule has 1 aliphatic heterocycles. The number of benzene rings is 1. The van der Waals surface area contributed by atoms with E-state index < -0.39 is 0 Å². The van der Waals surface area contributed by atoms with Crippen LogP contribution in [0.2, 0.25) is 0 Å². The van der Waals surface area contributed by atoms with Gasteiger partial charge in [-0.2, -0.15) is 0 Å². The van der Waals surface area contributed by atoms with Crippen molar-refractivity contribution in [2.24, 2.45) is 5.92 Å².